The van der Waals surface area contributed by atoms with Crippen LogP contribution in [0.5, 0.6) is 0 Å². The molecule has 1 heterocycles. The monoisotopic (exact) mass is 255 g/mol. The molecule has 1 aromatic rings. The Morgan fingerprint density at radius 3 is 3.06 bits per heavy atom. The van der Waals surface area contributed by atoms with E-state index in [0.717, 1.165) is 24.4 Å². The number of thiazole rings is 1. The molecular weight excluding hydrogens is 234 g/mol. The number of nitrogens with zero attached hydrogens (tertiary/aromatic N) is 2. The first-order valence-corrected chi connectivity index (χ1v) is 6.80. The van der Waals surface area contributed by atoms with Crippen molar-refractivity contribution in [3.8, 4) is 0 Å². The Balaban J connectivity index is 2.38. The number of aromatic nitrogens is 1. The van der Waals surface area contributed by atoms with Crippen LogP contribution in [0.4, 0.5) is 0 Å². The first-order chi connectivity index (χ1) is 8.27. The molecule has 1 atom stereocenters. The topological polar surface area (TPSA) is 75.3 Å². The number of hydrazine groups is 1. The number of aliphatic imine (C=N–C) groups is 1. The quantitative estimate of drug-likeness (QED) is 0.236. The lowest BCUT2D eigenvalue weighted by molar-refractivity contribution is 0.716. The van der Waals surface area contributed by atoms with Crippen molar-refractivity contribution in [1.29, 1.82) is 0 Å². The fourth-order valence-electron chi connectivity index (χ4n) is 1.32. The van der Waals surface area contributed by atoms with Gasteiger partial charge in [0.15, 0.2) is 0 Å². The zero-order chi connectivity index (χ0) is 12.5. The Labute approximate surface area is 107 Å². The van der Waals surface area contributed by atoms with Gasteiger partial charge in [0.1, 0.15) is 0 Å². The molecule has 0 radical (unpaired) electrons. The van der Waals surface area contributed by atoms with Crippen LogP contribution in [0.15, 0.2) is 16.6 Å². The number of nitrogens with two attached hydrogens (primary N) is 1. The lowest BCUT2D eigenvalue weighted by Crippen LogP contribution is -2.42. The molecule has 17 heavy (non-hydrogen) atoms. The second-order valence-corrected chi connectivity index (χ2v) is 4.81. The number of guanidine groups is 1. The maximum Gasteiger partial charge on any atom is 0.205 e. The van der Waals surface area contributed by atoms with Gasteiger partial charge in [-0.25, -0.2) is 10.8 Å². The van der Waals surface area contributed by atoms with Crippen molar-refractivity contribution in [2.45, 2.75) is 32.6 Å². The third-order valence-electron chi connectivity index (χ3n) is 2.36. The molecule has 0 bridgehead atoms. The van der Waals surface area contributed by atoms with Crippen molar-refractivity contribution in [2.75, 3.05) is 13.1 Å². The zero-order valence-corrected chi connectivity index (χ0v) is 11.3. The minimum atomic E-state index is 0.325. The van der Waals surface area contributed by atoms with E-state index in [2.05, 4.69) is 34.6 Å². The summed E-state index contributed by atoms with van der Waals surface area (Å²) in [5.74, 6) is 6.38. The summed E-state index contributed by atoms with van der Waals surface area (Å²) in [6, 6.07) is 0. The molecule has 1 rings (SSSR count). The highest BCUT2D eigenvalue weighted by Gasteiger charge is 2.07. The third-order valence-corrected chi connectivity index (χ3v) is 3.36. The fourth-order valence-corrected chi connectivity index (χ4v) is 2.01. The summed E-state index contributed by atoms with van der Waals surface area (Å²) >= 11 is 1.66. The van der Waals surface area contributed by atoms with Gasteiger partial charge in [-0.05, 0) is 6.42 Å². The van der Waals surface area contributed by atoms with E-state index in [0.29, 0.717) is 18.4 Å². The number of unbranched alkanes of at least 4 members (excludes halogenated alkanes) is 1. The van der Waals surface area contributed by atoms with Gasteiger partial charge in [-0.3, -0.25) is 10.4 Å². The Kier molecular flexibility index (Phi) is 6.57. The second kappa shape index (κ2) is 8.03. The minimum Gasteiger partial charge on any atom is -0.355 e. The lowest BCUT2D eigenvalue weighted by atomic mass is 10.2. The molecule has 0 aliphatic rings. The molecule has 0 aromatic carbocycles. The molecule has 0 spiro atoms. The Morgan fingerprint density at radius 1 is 1.65 bits per heavy atom. The normalized spacial score (nSPS) is 13.5. The van der Waals surface area contributed by atoms with E-state index < -0.39 is 0 Å². The van der Waals surface area contributed by atoms with Crippen molar-refractivity contribution < 1.29 is 0 Å². The van der Waals surface area contributed by atoms with Gasteiger partial charge >= 0.3 is 0 Å². The molecule has 1 aromatic heterocycles. The SMILES string of the molecule is CCCCNC(=NCC(C)c1nccs1)NN. The van der Waals surface area contributed by atoms with Crippen LogP contribution in [0.25, 0.3) is 0 Å². The highest BCUT2D eigenvalue weighted by atomic mass is 32.1. The van der Waals surface area contributed by atoms with Crippen LogP contribution in [0.2, 0.25) is 0 Å². The first-order valence-electron chi connectivity index (χ1n) is 5.92. The summed E-state index contributed by atoms with van der Waals surface area (Å²) in [5, 5.41) is 6.26. The van der Waals surface area contributed by atoms with Gasteiger partial charge < -0.3 is 5.32 Å². The smallest absolute Gasteiger partial charge is 0.205 e. The third kappa shape index (κ3) is 5.14. The zero-order valence-electron chi connectivity index (χ0n) is 10.4. The number of rotatable bonds is 6. The Morgan fingerprint density at radius 2 is 2.47 bits per heavy atom. The van der Waals surface area contributed by atoms with Crippen LogP contribution in [-0.4, -0.2) is 24.0 Å². The average Bonchev–Trinajstić information content (AvgIpc) is 2.87. The summed E-state index contributed by atoms with van der Waals surface area (Å²) in [6.07, 6.45) is 4.09. The first kappa shape index (κ1) is 13.9. The van der Waals surface area contributed by atoms with E-state index in [-0.39, 0.29) is 0 Å². The highest BCUT2D eigenvalue weighted by Crippen LogP contribution is 2.17. The molecule has 6 heteroatoms. The van der Waals surface area contributed by atoms with Gasteiger partial charge in [0, 0.05) is 24.0 Å². The van der Waals surface area contributed by atoms with Crippen LogP contribution in [0.3, 0.4) is 0 Å². The van der Waals surface area contributed by atoms with Crippen LogP contribution in [0, 0.1) is 0 Å². The molecule has 0 fully saturated rings. The van der Waals surface area contributed by atoms with Gasteiger partial charge in [0.05, 0.1) is 11.6 Å². The fraction of sp³-hybridized carbons (Fsp3) is 0.636. The highest BCUT2D eigenvalue weighted by molar-refractivity contribution is 7.09. The maximum atomic E-state index is 5.40. The molecule has 1 unspecified atom stereocenters. The number of hydrogen-bond donors (Lipinski definition) is 3. The van der Waals surface area contributed by atoms with E-state index >= 15 is 0 Å². The maximum absolute atomic E-state index is 5.40. The van der Waals surface area contributed by atoms with Gasteiger partial charge in [0.2, 0.25) is 5.96 Å². The minimum absolute atomic E-state index is 0.325. The van der Waals surface area contributed by atoms with Gasteiger partial charge in [0.25, 0.3) is 0 Å². The average molecular weight is 255 g/mol. The van der Waals surface area contributed by atoms with Crippen molar-refractivity contribution in [3.63, 3.8) is 0 Å². The molecule has 0 aliphatic carbocycles. The molecule has 0 saturated carbocycles. The summed E-state index contributed by atoms with van der Waals surface area (Å²) in [6.45, 7) is 5.85. The summed E-state index contributed by atoms with van der Waals surface area (Å²) < 4.78 is 0. The standard InChI is InChI=1S/C11H21N5S/c1-3-4-5-14-11(16-12)15-8-9(2)10-13-6-7-17-10/h6-7,9H,3-5,8,12H2,1-2H3,(H2,14,15,16). The molecule has 5 nitrogen and oxygen atoms in total. The van der Waals surface area contributed by atoms with Crippen molar-refractivity contribution in [3.05, 3.63) is 16.6 Å². The van der Waals surface area contributed by atoms with E-state index in [1.807, 2.05) is 11.6 Å². The van der Waals surface area contributed by atoms with E-state index in [1.54, 1.807) is 11.3 Å². The van der Waals surface area contributed by atoms with E-state index in [4.69, 9.17) is 5.84 Å². The van der Waals surface area contributed by atoms with Gasteiger partial charge in [-0.1, -0.05) is 20.3 Å². The van der Waals surface area contributed by atoms with Crippen LogP contribution in [0.1, 0.15) is 37.6 Å². The summed E-state index contributed by atoms with van der Waals surface area (Å²) in [4.78, 5) is 8.68. The van der Waals surface area contributed by atoms with E-state index in [9.17, 15) is 0 Å². The summed E-state index contributed by atoms with van der Waals surface area (Å²) in [7, 11) is 0. The number of nitrogens with one attached hydrogen (secondary N) is 2. The van der Waals surface area contributed by atoms with Crippen molar-refractivity contribution >= 4 is 17.3 Å². The van der Waals surface area contributed by atoms with Crippen molar-refractivity contribution in [1.82, 2.24) is 15.7 Å². The van der Waals surface area contributed by atoms with Gasteiger partial charge in [-0.15, -0.1) is 11.3 Å². The predicted molar refractivity (Wildman–Crippen MR) is 73.1 cm³/mol. The molecular formula is C11H21N5S. The number of hydrogen-bond acceptors (Lipinski definition) is 4. The van der Waals surface area contributed by atoms with Crippen LogP contribution >= 0.6 is 11.3 Å². The van der Waals surface area contributed by atoms with Crippen molar-refractivity contribution in [2.24, 2.45) is 10.8 Å². The molecule has 0 aliphatic heterocycles. The Hall–Kier alpha value is -1.14. The molecule has 0 amide bonds. The second-order valence-electron chi connectivity index (χ2n) is 3.89. The summed E-state index contributed by atoms with van der Waals surface area (Å²) in [5.41, 5.74) is 2.58. The van der Waals surface area contributed by atoms with E-state index in [1.165, 1.54) is 0 Å². The van der Waals surface area contributed by atoms with Crippen LogP contribution in [-0.2, 0) is 0 Å². The largest absolute Gasteiger partial charge is 0.355 e. The Bertz CT molecular complexity index is 323. The van der Waals surface area contributed by atoms with Gasteiger partial charge in [-0.2, -0.15) is 0 Å². The molecule has 4 N–H and O–H groups in total. The molecule has 0 saturated heterocycles. The predicted octanol–water partition coefficient (Wildman–Crippen LogP) is 1.46. The lowest BCUT2D eigenvalue weighted by Gasteiger charge is -2.10. The van der Waals surface area contributed by atoms with Crippen LogP contribution < -0.4 is 16.6 Å². The molecule has 96 valence electrons.